The van der Waals surface area contributed by atoms with Crippen molar-refractivity contribution in [3.05, 3.63) is 47.5 Å². The highest BCUT2D eigenvalue weighted by atomic mass is 35.5. The van der Waals surface area contributed by atoms with Crippen LogP contribution in [0.2, 0.25) is 5.02 Å². The second kappa shape index (κ2) is 6.62. The Hall–Kier alpha value is -1.39. The summed E-state index contributed by atoms with van der Waals surface area (Å²) in [6.07, 6.45) is 6.43. The van der Waals surface area contributed by atoms with Crippen molar-refractivity contribution in [3.8, 4) is 0 Å². The van der Waals surface area contributed by atoms with E-state index < -0.39 is 5.60 Å². The first-order valence-corrected chi connectivity index (χ1v) is 8.68. The van der Waals surface area contributed by atoms with Crippen molar-refractivity contribution in [3.63, 3.8) is 0 Å². The summed E-state index contributed by atoms with van der Waals surface area (Å²) in [6.45, 7) is 5.09. The third-order valence-corrected chi connectivity index (χ3v) is 5.56. The fourth-order valence-corrected chi connectivity index (χ4v) is 4.27. The molecule has 5 heteroatoms. The van der Waals surface area contributed by atoms with E-state index in [-0.39, 0.29) is 0 Å². The van der Waals surface area contributed by atoms with Crippen LogP contribution in [0.15, 0.2) is 36.9 Å². The highest BCUT2D eigenvalue weighted by molar-refractivity contribution is 6.30. The smallest absolute Gasteiger partial charge is 0.189 e. The molecule has 1 fully saturated rings. The lowest BCUT2D eigenvalue weighted by molar-refractivity contribution is -0.0667. The number of nitrogens with zero attached hydrogens (tertiary/aromatic N) is 3. The zero-order valence-corrected chi connectivity index (χ0v) is 14.5. The molecule has 0 aliphatic heterocycles. The van der Waals surface area contributed by atoms with E-state index in [0.29, 0.717) is 24.3 Å². The van der Waals surface area contributed by atoms with Crippen molar-refractivity contribution in [2.75, 3.05) is 0 Å². The Bertz CT molecular complexity index is 626. The zero-order valence-electron chi connectivity index (χ0n) is 13.7. The molecule has 1 aromatic heterocycles. The Balaban J connectivity index is 1.83. The monoisotopic (exact) mass is 334 g/mol. The first-order chi connectivity index (χ1) is 11.0. The molecule has 1 heterocycles. The number of benzene rings is 1. The van der Waals surface area contributed by atoms with Gasteiger partial charge in [-0.15, -0.1) is 0 Å². The average molecular weight is 335 g/mol. The van der Waals surface area contributed by atoms with Gasteiger partial charge in [-0.1, -0.05) is 37.6 Å². The summed E-state index contributed by atoms with van der Waals surface area (Å²) in [5.74, 6) is 1.23. The maximum atomic E-state index is 9.28. The maximum Gasteiger partial charge on any atom is 0.189 e. The molecule has 0 amide bonds. The number of hydrogen-bond donors (Lipinski definition) is 0. The van der Waals surface area contributed by atoms with E-state index in [9.17, 15) is 5.11 Å². The minimum absolute atomic E-state index is 0.334. The molecule has 0 bridgehead atoms. The standard InChI is InChI=1S/C18H24ClN3O/c1-13(2)17-8-5-15(9-14-3-6-16(19)7-4-14)18(17,23)10-22-12-20-11-21-22/h3-4,6-7,11-13,15,17,23H,5,8-10H2,1-2H3/p+1. The Morgan fingerprint density at radius 1 is 1.30 bits per heavy atom. The van der Waals surface area contributed by atoms with E-state index in [1.54, 1.807) is 12.7 Å². The highest BCUT2D eigenvalue weighted by Crippen LogP contribution is 2.46. The van der Waals surface area contributed by atoms with Crippen molar-refractivity contribution in [1.82, 2.24) is 14.8 Å². The van der Waals surface area contributed by atoms with Crippen molar-refractivity contribution in [2.24, 2.45) is 17.8 Å². The quantitative estimate of drug-likeness (QED) is 0.787. The molecule has 4 nitrogen and oxygen atoms in total. The predicted molar refractivity (Wildman–Crippen MR) is 92.6 cm³/mol. The van der Waals surface area contributed by atoms with Gasteiger partial charge in [0.15, 0.2) is 5.60 Å². The summed E-state index contributed by atoms with van der Waals surface area (Å²) in [5, 5.41) is 14.3. The first kappa shape index (κ1) is 16.5. The largest absolute Gasteiger partial charge is 0.439 e. The summed E-state index contributed by atoms with van der Waals surface area (Å²) in [6, 6.07) is 8.05. The number of halogens is 1. The van der Waals surface area contributed by atoms with Crippen LogP contribution in [0.5, 0.6) is 0 Å². The summed E-state index contributed by atoms with van der Waals surface area (Å²) >= 11 is 5.99. The molecule has 1 aromatic carbocycles. The van der Waals surface area contributed by atoms with Gasteiger partial charge >= 0.3 is 0 Å². The van der Waals surface area contributed by atoms with Gasteiger partial charge in [-0.25, -0.2) is 9.67 Å². The summed E-state index contributed by atoms with van der Waals surface area (Å²) in [7, 11) is 0. The molecular weight excluding hydrogens is 310 g/mol. The summed E-state index contributed by atoms with van der Waals surface area (Å²) < 4.78 is 1.82. The van der Waals surface area contributed by atoms with Crippen LogP contribution in [-0.2, 0) is 13.0 Å². The predicted octanol–water partition coefficient (Wildman–Crippen LogP) is 3.32. The molecule has 2 aromatic rings. The average Bonchev–Trinajstić information content (AvgIpc) is 3.10. The summed E-state index contributed by atoms with van der Waals surface area (Å²) in [4.78, 5) is 4.04. The molecule has 0 radical (unpaired) electrons. The van der Waals surface area contributed by atoms with E-state index in [4.69, 9.17) is 11.6 Å². The molecule has 1 saturated carbocycles. The fourth-order valence-electron chi connectivity index (χ4n) is 4.14. The minimum atomic E-state index is -0.499. The van der Waals surface area contributed by atoms with Crippen molar-refractivity contribution in [2.45, 2.75) is 45.3 Å². The fraction of sp³-hybridized carbons (Fsp3) is 0.556. The molecule has 1 aliphatic rings. The van der Waals surface area contributed by atoms with Crippen LogP contribution in [-0.4, -0.2) is 25.5 Å². The Morgan fingerprint density at radius 2 is 2.04 bits per heavy atom. The van der Waals surface area contributed by atoms with E-state index in [2.05, 4.69) is 36.1 Å². The molecule has 23 heavy (non-hydrogen) atoms. The van der Waals surface area contributed by atoms with Gasteiger partial charge in [-0.05, 0) is 42.9 Å². The second-order valence-electron chi connectivity index (χ2n) is 7.09. The van der Waals surface area contributed by atoms with Crippen LogP contribution in [0.3, 0.4) is 0 Å². The van der Waals surface area contributed by atoms with Crippen molar-refractivity contribution in [1.29, 1.82) is 0 Å². The zero-order chi connectivity index (χ0) is 16.4. The lowest BCUT2D eigenvalue weighted by Crippen LogP contribution is -2.46. The molecular formula is C18H25ClN3O+. The molecule has 3 rings (SSSR count). The number of hydrogen-bond acceptors (Lipinski definition) is 2. The highest BCUT2D eigenvalue weighted by Gasteiger charge is 2.54. The lowest BCUT2D eigenvalue weighted by atomic mass is 9.76. The van der Waals surface area contributed by atoms with Gasteiger partial charge in [0.2, 0.25) is 0 Å². The third-order valence-electron chi connectivity index (χ3n) is 5.31. The number of rotatable bonds is 5. The van der Waals surface area contributed by atoms with Crippen LogP contribution < -0.4 is 0 Å². The van der Waals surface area contributed by atoms with E-state index >= 15 is 0 Å². The van der Waals surface area contributed by atoms with Crippen molar-refractivity contribution < 1.29 is 5.11 Å². The summed E-state index contributed by atoms with van der Waals surface area (Å²) in [5.41, 5.74) is 0.764. The van der Waals surface area contributed by atoms with Crippen LogP contribution in [0.4, 0.5) is 0 Å². The molecule has 0 spiro atoms. The third kappa shape index (κ3) is 3.43. The van der Waals surface area contributed by atoms with E-state index in [0.717, 1.165) is 24.3 Å². The molecule has 1 aliphatic carbocycles. The molecule has 2 N–H and O–H groups in total. The van der Waals surface area contributed by atoms with Gasteiger partial charge in [-0.2, -0.15) is 5.10 Å². The van der Waals surface area contributed by atoms with Gasteiger partial charge in [0.05, 0.1) is 0 Å². The van der Waals surface area contributed by atoms with Crippen LogP contribution in [0.1, 0.15) is 32.3 Å². The molecule has 124 valence electrons. The lowest BCUT2D eigenvalue weighted by Gasteiger charge is -2.33. The van der Waals surface area contributed by atoms with Gasteiger partial charge in [0, 0.05) is 16.9 Å². The maximum absolute atomic E-state index is 9.28. The minimum Gasteiger partial charge on any atom is -0.439 e. The van der Waals surface area contributed by atoms with Crippen LogP contribution >= 0.6 is 11.6 Å². The van der Waals surface area contributed by atoms with E-state index in [1.807, 2.05) is 16.8 Å². The molecule has 0 saturated heterocycles. The van der Waals surface area contributed by atoms with Gasteiger partial charge in [0.25, 0.3) is 0 Å². The Kier molecular flexibility index (Phi) is 4.74. The molecule has 3 unspecified atom stereocenters. The Morgan fingerprint density at radius 3 is 2.65 bits per heavy atom. The van der Waals surface area contributed by atoms with Crippen LogP contribution in [0.25, 0.3) is 0 Å². The normalized spacial score (nSPS) is 27.7. The SMILES string of the molecule is CC(C)C1CCC(Cc2ccc(Cl)cc2)C1([OH2+])Cn1cncn1. The van der Waals surface area contributed by atoms with Gasteiger partial charge in [-0.3, -0.25) is 0 Å². The topological polar surface area (TPSA) is 53.6 Å². The Labute approximate surface area is 142 Å². The van der Waals surface area contributed by atoms with Gasteiger partial charge < -0.3 is 5.11 Å². The van der Waals surface area contributed by atoms with Crippen molar-refractivity contribution >= 4 is 11.6 Å². The number of aromatic nitrogens is 3. The van der Waals surface area contributed by atoms with E-state index in [1.165, 1.54) is 5.56 Å². The second-order valence-corrected chi connectivity index (χ2v) is 7.53. The van der Waals surface area contributed by atoms with Crippen LogP contribution in [0, 0.1) is 17.8 Å². The molecule has 3 atom stereocenters. The van der Waals surface area contributed by atoms with Gasteiger partial charge in [0.1, 0.15) is 19.2 Å². The first-order valence-electron chi connectivity index (χ1n) is 8.31.